The van der Waals surface area contributed by atoms with E-state index in [9.17, 15) is 9.59 Å². The molecule has 0 radical (unpaired) electrons. The van der Waals surface area contributed by atoms with Gasteiger partial charge in [-0.2, -0.15) is 5.26 Å². The van der Waals surface area contributed by atoms with Crippen molar-refractivity contribution in [2.24, 2.45) is 0 Å². The first-order valence-electron chi connectivity index (χ1n) is 5.34. The second-order valence-corrected chi connectivity index (χ2v) is 3.68. The Balaban J connectivity index is 2.23. The van der Waals surface area contributed by atoms with E-state index in [1.54, 1.807) is 12.3 Å². The number of nitrogens with one attached hydrogen (secondary N) is 1. The highest BCUT2D eigenvalue weighted by atomic mass is 16.2. The first kappa shape index (κ1) is 11.8. The van der Waals surface area contributed by atoms with E-state index in [-0.39, 0.29) is 5.56 Å². The van der Waals surface area contributed by atoms with Crippen LogP contribution in [-0.2, 0) is 13.0 Å². The number of nitrogens with zero attached hydrogens (tertiary/aromatic N) is 3. The molecule has 18 heavy (non-hydrogen) atoms. The van der Waals surface area contributed by atoms with Crippen LogP contribution in [0.25, 0.3) is 0 Å². The molecule has 6 nitrogen and oxygen atoms in total. The number of aromatic amines is 1. The molecule has 2 aromatic heterocycles. The van der Waals surface area contributed by atoms with Crippen LogP contribution in [0.1, 0.15) is 11.3 Å². The summed E-state index contributed by atoms with van der Waals surface area (Å²) in [6.07, 6.45) is 3.49. The smallest absolute Gasteiger partial charge is 0.299 e. The number of nitriles is 1. The van der Waals surface area contributed by atoms with Crippen molar-refractivity contribution in [1.82, 2.24) is 14.5 Å². The van der Waals surface area contributed by atoms with Crippen molar-refractivity contribution in [2.45, 2.75) is 13.0 Å². The molecule has 0 aliphatic rings. The van der Waals surface area contributed by atoms with Gasteiger partial charge in [-0.1, -0.05) is 6.07 Å². The average Bonchev–Trinajstić information content (AvgIpc) is 2.39. The van der Waals surface area contributed by atoms with Gasteiger partial charge in [-0.05, 0) is 12.1 Å². The minimum Gasteiger partial charge on any atom is -0.299 e. The zero-order chi connectivity index (χ0) is 13.0. The highest BCUT2D eigenvalue weighted by Crippen LogP contribution is 1.96. The Bertz CT molecular complexity index is 694. The Morgan fingerprint density at radius 2 is 2.22 bits per heavy atom. The maximum absolute atomic E-state index is 11.5. The summed E-state index contributed by atoms with van der Waals surface area (Å²) in [6, 6.07) is 7.26. The molecule has 0 unspecified atom stereocenters. The third kappa shape index (κ3) is 2.52. The Labute approximate surface area is 102 Å². The van der Waals surface area contributed by atoms with Crippen LogP contribution < -0.4 is 11.2 Å². The van der Waals surface area contributed by atoms with Crippen LogP contribution in [0.2, 0.25) is 0 Å². The Morgan fingerprint density at radius 1 is 1.39 bits per heavy atom. The first-order chi connectivity index (χ1) is 8.70. The van der Waals surface area contributed by atoms with Gasteiger partial charge in [-0.3, -0.25) is 19.3 Å². The van der Waals surface area contributed by atoms with Gasteiger partial charge >= 0.3 is 5.69 Å². The maximum atomic E-state index is 11.5. The molecule has 1 N–H and O–H groups in total. The van der Waals surface area contributed by atoms with E-state index in [2.05, 4.69) is 9.97 Å². The fraction of sp³-hybridized carbons (Fsp3) is 0.167. The van der Waals surface area contributed by atoms with Crippen LogP contribution in [0.15, 0.2) is 40.2 Å². The molecular weight excluding hydrogens is 232 g/mol. The molecule has 2 aromatic rings. The molecule has 0 atom stereocenters. The zero-order valence-corrected chi connectivity index (χ0v) is 9.46. The quantitative estimate of drug-likeness (QED) is 0.822. The summed E-state index contributed by atoms with van der Waals surface area (Å²) < 4.78 is 1.30. The van der Waals surface area contributed by atoms with Crippen molar-refractivity contribution in [1.29, 1.82) is 5.26 Å². The van der Waals surface area contributed by atoms with Gasteiger partial charge in [0.2, 0.25) is 0 Å². The highest BCUT2D eigenvalue weighted by molar-refractivity contribution is 5.21. The molecule has 0 saturated carbocycles. The van der Waals surface area contributed by atoms with Crippen LogP contribution in [0.3, 0.4) is 0 Å². The normalized spacial score (nSPS) is 9.94. The summed E-state index contributed by atoms with van der Waals surface area (Å²) in [4.78, 5) is 28.9. The molecule has 2 rings (SSSR count). The Morgan fingerprint density at radius 3 is 2.89 bits per heavy atom. The van der Waals surface area contributed by atoms with Crippen molar-refractivity contribution in [3.8, 4) is 6.07 Å². The third-order valence-corrected chi connectivity index (χ3v) is 2.47. The molecule has 90 valence electrons. The summed E-state index contributed by atoms with van der Waals surface area (Å²) in [5.74, 6) is 0. The topological polar surface area (TPSA) is 91.5 Å². The monoisotopic (exact) mass is 242 g/mol. The van der Waals surface area contributed by atoms with Gasteiger partial charge in [0.1, 0.15) is 11.6 Å². The zero-order valence-electron chi connectivity index (χ0n) is 9.46. The fourth-order valence-electron chi connectivity index (χ4n) is 1.54. The van der Waals surface area contributed by atoms with E-state index in [4.69, 9.17) is 5.26 Å². The van der Waals surface area contributed by atoms with Crippen LogP contribution in [-0.4, -0.2) is 14.5 Å². The van der Waals surface area contributed by atoms with E-state index in [0.717, 1.165) is 5.69 Å². The van der Waals surface area contributed by atoms with Crippen LogP contribution >= 0.6 is 0 Å². The van der Waals surface area contributed by atoms with Crippen LogP contribution in [0, 0.1) is 11.3 Å². The SMILES string of the molecule is N#Cc1cn(CCc2ccccn2)c(=O)[nH]c1=O. The molecule has 0 aromatic carbocycles. The molecule has 0 spiro atoms. The number of H-pyrrole nitrogens is 1. The molecule has 0 fully saturated rings. The molecule has 2 heterocycles. The van der Waals surface area contributed by atoms with Gasteiger partial charge < -0.3 is 0 Å². The fourth-order valence-corrected chi connectivity index (χ4v) is 1.54. The van der Waals surface area contributed by atoms with Gasteiger partial charge in [0.25, 0.3) is 5.56 Å². The van der Waals surface area contributed by atoms with Gasteiger partial charge in [0, 0.05) is 31.1 Å². The molecule has 6 heteroatoms. The van der Waals surface area contributed by atoms with Gasteiger partial charge in [-0.15, -0.1) is 0 Å². The van der Waals surface area contributed by atoms with Crippen molar-refractivity contribution < 1.29 is 0 Å². The first-order valence-corrected chi connectivity index (χ1v) is 5.34. The predicted octanol–water partition coefficient (Wildman–Crippen LogP) is 0.0460. The van der Waals surface area contributed by atoms with Gasteiger partial charge in [-0.25, -0.2) is 4.79 Å². The second kappa shape index (κ2) is 5.10. The van der Waals surface area contributed by atoms with E-state index in [1.165, 1.54) is 10.8 Å². The van der Waals surface area contributed by atoms with E-state index in [0.29, 0.717) is 13.0 Å². The van der Waals surface area contributed by atoms with Crippen molar-refractivity contribution in [2.75, 3.05) is 0 Å². The minimum atomic E-state index is -0.656. The molecule has 0 aliphatic carbocycles. The summed E-state index contributed by atoms with van der Waals surface area (Å²) in [7, 11) is 0. The number of rotatable bonds is 3. The third-order valence-electron chi connectivity index (χ3n) is 2.47. The summed E-state index contributed by atoms with van der Waals surface area (Å²) in [6.45, 7) is 0.362. The lowest BCUT2D eigenvalue weighted by Crippen LogP contribution is -2.31. The standard InChI is InChI=1S/C12H10N4O2/c13-7-9-8-16(12(18)15-11(9)17)6-4-10-3-1-2-5-14-10/h1-3,5,8H,4,6H2,(H,15,17,18). The summed E-state index contributed by atoms with van der Waals surface area (Å²) in [5, 5.41) is 8.72. The minimum absolute atomic E-state index is 0.0735. The van der Waals surface area contributed by atoms with Crippen molar-refractivity contribution in [3.05, 3.63) is 62.7 Å². The summed E-state index contributed by atoms with van der Waals surface area (Å²) in [5.41, 5.74) is -0.406. The van der Waals surface area contributed by atoms with Crippen molar-refractivity contribution >= 4 is 0 Å². The number of hydrogen-bond donors (Lipinski definition) is 1. The highest BCUT2D eigenvalue weighted by Gasteiger charge is 2.04. The van der Waals surface area contributed by atoms with E-state index in [1.807, 2.05) is 18.2 Å². The summed E-state index contributed by atoms with van der Waals surface area (Å²) >= 11 is 0. The molecular formula is C12H10N4O2. The van der Waals surface area contributed by atoms with E-state index < -0.39 is 11.2 Å². The van der Waals surface area contributed by atoms with Crippen LogP contribution in [0.4, 0.5) is 0 Å². The average molecular weight is 242 g/mol. The number of pyridine rings is 1. The Kier molecular flexibility index (Phi) is 3.34. The maximum Gasteiger partial charge on any atom is 0.328 e. The van der Waals surface area contributed by atoms with E-state index >= 15 is 0 Å². The number of aryl methyl sites for hydroxylation is 2. The molecule has 0 saturated heterocycles. The number of hydrogen-bond acceptors (Lipinski definition) is 4. The Hall–Kier alpha value is -2.68. The molecule has 0 amide bonds. The molecule has 0 aliphatic heterocycles. The predicted molar refractivity (Wildman–Crippen MR) is 64.0 cm³/mol. The largest absolute Gasteiger partial charge is 0.328 e. The lowest BCUT2D eigenvalue weighted by Gasteiger charge is -2.04. The van der Waals surface area contributed by atoms with Gasteiger partial charge in [0.05, 0.1) is 0 Å². The number of aromatic nitrogens is 3. The van der Waals surface area contributed by atoms with Crippen LogP contribution in [0.5, 0.6) is 0 Å². The van der Waals surface area contributed by atoms with Gasteiger partial charge in [0.15, 0.2) is 0 Å². The van der Waals surface area contributed by atoms with Crippen molar-refractivity contribution in [3.63, 3.8) is 0 Å². The lowest BCUT2D eigenvalue weighted by molar-refractivity contribution is 0.636. The second-order valence-electron chi connectivity index (χ2n) is 3.68. The molecule has 0 bridgehead atoms. The lowest BCUT2D eigenvalue weighted by atomic mass is 10.2.